The third-order valence-electron chi connectivity index (χ3n) is 3.78. The highest BCUT2D eigenvalue weighted by Crippen LogP contribution is 2.32. The molecule has 0 radical (unpaired) electrons. The highest BCUT2D eigenvalue weighted by Gasteiger charge is 2.22. The maximum Gasteiger partial charge on any atom is 0.0442 e. The Balaban J connectivity index is 2.07. The van der Waals surface area contributed by atoms with Gasteiger partial charge >= 0.3 is 0 Å². The van der Waals surface area contributed by atoms with E-state index in [-0.39, 0.29) is 0 Å². The average Bonchev–Trinajstić information content (AvgIpc) is 2.89. The van der Waals surface area contributed by atoms with Crippen LogP contribution in [0.3, 0.4) is 0 Å². The van der Waals surface area contributed by atoms with E-state index in [2.05, 4.69) is 36.2 Å². The predicted molar refractivity (Wildman–Crippen MR) is 80.4 cm³/mol. The van der Waals surface area contributed by atoms with Crippen LogP contribution in [0.25, 0.3) is 0 Å². The van der Waals surface area contributed by atoms with Gasteiger partial charge in [0.1, 0.15) is 0 Å². The van der Waals surface area contributed by atoms with E-state index in [0.29, 0.717) is 6.04 Å². The van der Waals surface area contributed by atoms with Crippen LogP contribution in [-0.2, 0) is 6.42 Å². The van der Waals surface area contributed by atoms with Crippen molar-refractivity contribution >= 4 is 11.3 Å². The Morgan fingerprint density at radius 2 is 2.06 bits per heavy atom. The molecule has 2 heterocycles. The Morgan fingerprint density at radius 3 is 2.67 bits per heavy atom. The predicted octanol–water partition coefficient (Wildman–Crippen LogP) is 3.45. The van der Waals surface area contributed by atoms with Crippen LogP contribution in [0.5, 0.6) is 0 Å². The fraction of sp³-hybridized carbons (Fsp3) is 0.733. The monoisotopic (exact) mass is 266 g/mol. The van der Waals surface area contributed by atoms with Crippen LogP contribution in [0.1, 0.15) is 48.9 Å². The van der Waals surface area contributed by atoms with Gasteiger partial charge < -0.3 is 5.32 Å². The van der Waals surface area contributed by atoms with Crippen LogP contribution < -0.4 is 5.32 Å². The summed E-state index contributed by atoms with van der Waals surface area (Å²) in [4.78, 5) is 5.79. The molecule has 1 aliphatic rings. The van der Waals surface area contributed by atoms with Crippen LogP contribution in [0.15, 0.2) is 12.1 Å². The van der Waals surface area contributed by atoms with Crippen LogP contribution in [0.2, 0.25) is 0 Å². The fourth-order valence-corrected chi connectivity index (χ4v) is 3.78. The van der Waals surface area contributed by atoms with Crippen molar-refractivity contribution in [2.24, 2.45) is 0 Å². The van der Waals surface area contributed by atoms with E-state index in [1.165, 1.54) is 43.6 Å². The number of hydrogen-bond acceptors (Lipinski definition) is 3. The van der Waals surface area contributed by atoms with E-state index in [1.807, 2.05) is 11.3 Å². The Kier molecular flexibility index (Phi) is 5.67. The van der Waals surface area contributed by atoms with E-state index in [0.717, 1.165) is 13.1 Å². The summed E-state index contributed by atoms with van der Waals surface area (Å²) < 4.78 is 0. The van der Waals surface area contributed by atoms with E-state index in [1.54, 1.807) is 4.88 Å². The molecule has 102 valence electrons. The first-order chi connectivity index (χ1) is 8.85. The van der Waals surface area contributed by atoms with Gasteiger partial charge in [0.05, 0.1) is 0 Å². The molecule has 1 aromatic heterocycles. The lowest BCUT2D eigenvalue weighted by Crippen LogP contribution is -2.45. The largest absolute Gasteiger partial charge is 0.314 e. The first-order valence-electron chi connectivity index (χ1n) is 7.38. The summed E-state index contributed by atoms with van der Waals surface area (Å²) in [6.45, 7) is 9.24. The third-order valence-corrected chi connectivity index (χ3v) is 5.11. The maximum absolute atomic E-state index is 3.46. The zero-order chi connectivity index (χ0) is 12.8. The number of rotatable bonds is 6. The van der Waals surface area contributed by atoms with E-state index in [4.69, 9.17) is 0 Å². The zero-order valence-electron chi connectivity index (χ0n) is 11.7. The second kappa shape index (κ2) is 7.27. The van der Waals surface area contributed by atoms with Gasteiger partial charge in [-0.15, -0.1) is 11.3 Å². The highest BCUT2D eigenvalue weighted by molar-refractivity contribution is 7.12. The number of nitrogens with one attached hydrogen (secondary N) is 1. The first-order valence-corrected chi connectivity index (χ1v) is 8.20. The van der Waals surface area contributed by atoms with Gasteiger partial charge in [0.25, 0.3) is 0 Å². The molecule has 1 atom stereocenters. The highest BCUT2D eigenvalue weighted by atomic mass is 32.1. The molecule has 0 aliphatic carbocycles. The summed E-state index contributed by atoms with van der Waals surface area (Å²) in [6, 6.07) is 5.35. The summed E-state index contributed by atoms with van der Waals surface area (Å²) in [5.41, 5.74) is 0. The lowest BCUT2D eigenvalue weighted by Gasteiger charge is -2.34. The summed E-state index contributed by atoms with van der Waals surface area (Å²) >= 11 is 2.02. The van der Waals surface area contributed by atoms with Crippen molar-refractivity contribution in [2.75, 3.05) is 26.2 Å². The van der Waals surface area contributed by atoms with Gasteiger partial charge in [-0.05, 0) is 25.0 Å². The Morgan fingerprint density at radius 1 is 1.28 bits per heavy atom. The number of nitrogens with zero attached hydrogens (tertiary/aromatic N) is 1. The molecule has 18 heavy (non-hydrogen) atoms. The average molecular weight is 266 g/mol. The molecular formula is C15H26N2S. The number of piperazine rings is 1. The third kappa shape index (κ3) is 3.56. The zero-order valence-corrected chi connectivity index (χ0v) is 12.6. The maximum atomic E-state index is 3.46. The van der Waals surface area contributed by atoms with Gasteiger partial charge in [0, 0.05) is 42.0 Å². The topological polar surface area (TPSA) is 15.3 Å². The molecule has 1 N–H and O–H groups in total. The van der Waals surface area contributed by atoms with Crippen molar-refractivity contribution in [1.82, 2.24) is 10.2 Å². The molecule has 1 aromatic rings. The molecule has 0 unspecified atom stereocenters. The van der Waals surface area contributed by atoms with Crippen molar-refractivity contribution in [3.05, 3.63) is 21.9 Å². The lowest BCUT2D eigenvalue weighted by molar-refractivity contribution is 0.165. The Hall–Kier alpha value is -0.380. The van der Waals surface area contributed by atoms with Gasteiger partial charge in [0.15, 0.2) is 0 Å². The smallest absolute Gasteiger partial charge is 0.0442 e. The Labute approximate surface area is 115 Å². The molecular weight excluding hydrogens is 240 g/mol. The second-order valence-electron chi connectivity index (χ2n) is 5.10. The summed E-state index contributed by atoms with van der Waals surface area (Å²) in [6.07, 6.45) is 5.13. The van der Waals surface area contributed by atoms with Crippen molar-refractivity contribution in [3.8, 4) is 0 Å². The number of hydrogen-bond donors (Lipinski definition) is 1. The second-order valence-corrected chi connectivity index (χ2v) is 6.30. The van der Waals surface area contributed by atoms with Crippen molar-refractivity contribution < 1.29 is 0 Å². The lowest BCUT2D eigenvalue weighted by atomic mass is 10.1. The number of thiophene rings is 1. The SMILES string of the molecule is CCCC[C@H](c1ccc(CC)s1)N1CCNCC1. The van der Waals surface area contributed by atoms with Crippen LogP contribution >= 0.6 is 11.3 Å². The quantitative estimate of drug-likeness (QED) is 0.848. The van der Waals surface area contributed by atoms with Crippen molar-refractivity contribution in [1.29, 1.82) is 0 Å². The Bertz CT molecular complexity index is 342. The fourth-order valence-electron chi connectivity index (χ4n) is 2.66. The minimum absolute atomic E-state index is 0.664. The minimum atomic E-state index is 0.664. The molecule has 2 nitrogen and oxygen atoms in total. The van der Waals surface area contributed by atoms with E-state index >= 15 is 0 Å². The molecule has 0 amide bonds. The van der Waals surface area contributed by atoms with Crippen molar-refractivity contribution in [3.63, 3.8) is 0 Å². The molecule has 0 saturated carbocycles. The molecule has 0 spiro atoms. The minimum Gasteiger partial charge on any atom is -0.314 e. The van der Waals surface area contributed by atoms with Gasteiger partial charge in [0.2, 0.25) is 0 Å². The van der Waals surface area contributed by atoms with Gasteiger partial charge in [-0.25, -0.2) is 0 Å². The molecule has 1 fully saturated rings. The summed E-state index contributed by atoms with van der Waals surface area (Å²) in [5.74, 6) is 0. The molecule has 0 bridgehead atoms. The van der Waals surface area contributed by atoms with E-state index < -0.39 is 0 Å². The molecule has 0 aromatic carbocycles. The molecule has 1 saturated heterocycles. The van der Waals surface area contributed by atoms with Crippen LogP contribution in [-0.4, -0.2) is 31.1 Å². The summed E-state index contributed by atoms with van der Waals surface area (Å²) in [5, 5.41) is 3.46. The molecule has 1 aliphatic heterocycles. The van der Waals surface area contributed by atoms with Crippen LogP contribution in [0.4, 0.5) is 0 Å². The van der Waals surface area contributed by atoms with E-state index in [9.17, 15) is 0 Å². The number of unbranched alkanes of at least 4 members (excludes halogenated alkanes) is 1. The normalized spacial score (nSPS) is 19.0. The molecule has 3 heteroatoms. The standard InChI is InChI=1S/C15H26N2S/c1-3-5-6-14(17-11-9-16-10-12-17)15-8-7-13(4-2)18-15/h7-8,14,16H,3-6,9-12H2,1-2H3/t14-/m1/s1. The van der Waals surface area contributed by atoms with Gasteiger partial charge in [-0.3, -0.25) is 4.90 Å². The van der Waals surface area contributed by atoms with Crippen molar-refractivity contribution in [2.45, 2.75) is 45.6 Å². The number of aryl methyl sites for hydroxylation is 1. The van der Waals surface area contributed by atoms with Crippen LogP contribution in [0, 0.1) is 0 Å². The molecule has 2 rings (SSSR count). The summed E-state index contributed by atoms with van der Waals surface area (Å²) in [7, 11) is 0. The van der Waals surface area contributed by atoms with Gasteiger partial charge in [-0.2, -0.15) is 0 Å². The first kappa shape index (κ1) is 14.0. The van der Waals surface area contributed by atoms with Gasteiger partial charge in [-0.1, -0.05) is 26.7 Å².